The van der Waals surface area contributed by atoms with Crippen LogP contribution in [0.1, 0.15) is 5.69 Å². The lowest BCUT2D eigenvalue weighted by Crippen LogP contribution is -2.41. The minimum Gasteiger partial charge on any atom is -0.405 e. The fraction of sp³-hybridized carbons (Fsp3) is 0.0588. The molecule has 0 fully saturated rings. The molecule has 0 aromatic heterocycles. The number of hydrogen-bond donors (Lipinski definition) is 1. The molecule has 0 saturated heterocycles. The lowest BCUT2D eigenvalue weighted by molar-refractivity contribution is -0.655. The highest BCUT2D eigenvalue weighted by molar-refractivity contribution is 5.89. The lowest BCUT2D eigenvalue weighted by atomic mass is 10.1. The largest absolute Gasteiger partial charge is 0.405 e. The van der Waals surface area contributed by atoms with Gasteiger partial charge in [0.15, 0.2) is 0 Å². The average Bonchev–Trinajstić information content (AvgIpc) is 2.85. The summed E-state index contributed by atoms with van der Waals surface area (Å²) in [5.41, 5.74) is 2.67. The maximum Gasteiger partial charge on any atom is 0.378 e. The molecule has 102 valence electrons. The molecule has 0 unspecified atom stereocenters. The average molecular weight is 275 g/mol. The molecule has 0 aliphatic carbocycles. The van der Waals surface area contributed by atoms with Crippen molar-refractivity contribution < 1.29 is 9.10 Å². The quantitative estimate of drug-likeness (QED) is 0.543. The standard InChI is InChI=1S/C17H13N3O/c1-11-13-9-5-6-10-14(13)15-16(18)21-17(20(15)19-11)12-7-3-2-4-8-12/h2-10,18H,1H3. The predicted octanol–water partition coefficient (Wildman–Crippen LogP) is 2.56. The molecule has 4 nitrogen and oxygen atoms in total. The van der Waals surface area contributed by atoms with Crippen molar-refractivity contribution in [2.24, 2.45) is 0 Å². The van der Waals surface area contributed by atoms with Crippen LogP contribution in [0, 0.1) is 12.3 Å². The van der Waals surface area contributed by atoms with Gasteiger partial charge in [0.05, 0.1) is 10.9 Å². The van der Waals surface area contributed by atoms with Crippen molar-refractivity contribution >= 4 is 10.8 Å². The van der Waals surface area contributed by atoms with E-state index in [-0.39, 0.29) is 5.55 Å². The summed E-state index contributed by atoms with van der Waals surface area (Å²) in [6, 6.07) is 17.7. The van der Waals surface area contributed by atoms with Gasteiger partial charge in [-0.15, -0.1) is 5.69 Å². The summed E-state index contributed by atoms with van der Waals surface area (Å²) in [5.74, 6) is 0.587. The molecule has 0 bridgehead atoms. The first-order valence-electron chi connectivity index (χ1n) is 6.77. The number of benzene rings is 2. The Bertz CT molecular complexity index is 966. The summed E-state index contributed by atoms with van der Waals surface area (Å²) in [6.45, 7) is 1.97. The molecule has 0 amide bonds. The summed E-state index contributed by atoms with van der Waals surface area (Å²) < 4.78 is 7.41. The van der Waals surface area contributed by atoms with Crippen molar-refractivity contribution in [2.75, 3.05) is 0 Å². The zero-order chi connectivity index (χ0) is 14.4. The third-order valence-corrected chi connectivity index (χ3v) is 3.66. The van der Waals surface area contributed by atoms with Crippen molar-refractivity contribution in [3.63, 3.8) is 0 Å². The number of fused-ring (bicyclic) bond motifs is 3. The first-order chi connectivity index (χ1) is 10.3. The van der Waals surface area contributed by atoms with E-state index >= 15 is 0 Å². The van der Waals surface area contributed by atoms with Crippen molar-refractivity contribution in [1.29, 1.82) is 5.41 Å². The minimum absolute atomic E-state index is 0.137. The minimum atomic E-state index is 0.137. The Kier molecular flexibility index (Phi) is 2.44. The van der Waals surface area contributed by atoms with Crippen LogP contribution in [0.25, 0.3) is 27.9 Å². The molecule has 2 aliphatic heterocycles. The van der Waals surface area contributed by atoms with E-state index in [1.165, 1.54) is 0 Å². The van der Waals surface area contributed by atoms with Crippen LogP contribution in [-0.4, -0.2) is 0 Å². The maximum absolute atomic E-state index is 8.16. The van der Waals surface area contributed by atoms with E-state index in [9.17, 15) is 0 Å². The van der Waals surface area contributed by atoms with Gasteiger partial charge >= 0.3 is 5.89 Å². The molecule has 2 aromatic rings. The summed E-state index contributed by atoms with van der Waals surface area (Å²) >= 11 is 0. The van der Waals surface area contributed by atoms with Crippen LogP contribution in [0.2, 0.25) is 0 Å². The van der Waals surface area contributed by atoms with E-state index < -0.39 is 0 Å². The van der Waals surface area contributed by atoms with Gasteiger partial charge in [-0.3, -0.25) is 5.41 Å². The van der Waals surface area contributed by atoms with Crippen LogP contribution in [-0.2, 0) is 0 Å². The molecule has 4 heteroatoms. The third-order valence-electron chi connectivity index (χ3n) is 3.66. The zero-order valence-electron chi connectivity index (χ0n) is 11.5. The molecule has 2 heterocycles. The number of oxazole rings is 1. The second-order valence-corrected chi connectivity index (χ2v) is 4.99. The van der Waals surface area contributed by atoms with Gasteiger partial charge in [0.1, 0.15) is 0 Å². The first-order valence-corrected chi connectivity index (χ1v) is 6.77. The Balaban J connectivity index is 2.15. The molecular formula is C17H13N3O. The fourth-order valence-electron chi connectivity index (χ4n) is 2.69. The second kappa shape index (κ2) is 4.31. The zero-order valence-corrected chi connectivity index (χ0v) is 11.5. The van der Waals surface area contributed by atoms with Crippen molar-refractivity contribution in [1.82, 2.24) is 5.10 Å². The number of aryl methyl sites for hydroxylation is 1. The Labute approximate surface area is 121 Å². The molecule has 0 spiro atoms. The number of rotatable bonds is 1. The van der Waals surface area contributed by atoms with E-state index in [1.54, 1.807) is 4.68 Å². The smallest absolute Gasteiger partial charge is 0.378 e. The fourth-order valence-corrected chi connectivity index (χ4v) is 2.69. The molecule has 0 saturated carbocycles. The van der Waals surface area contributed by atoms with E-state index in [0.717, 1.165) is 22.0 Å². The van der Waals surface area contributed by atoms with E-state index in [0.29, 0.717) is 11.6 Å². The Morgan fingerprint density at radius 3 is 2.38 bits per heavy atom. The van der Waals surface area contributed by atoms with E-state index in [2.05, 4.69) is 5.10 Å². The highest BCUT2D eigenvalue weighted by Gasteiger charge is 2.25. The third kappa shape index (κ3) is 1.69. The number of nitrogens with one attached hydrogen (secondary N) is 1. The van der Waals surface area contributed by atoms with Gasteiger partial charge in [0.2, 0.25) is 0 Å². The molecule has 4 rings (SSSR count). The van der Waals surface area contributed by atoms with Crippen LogP contribution in [0.4, 0.5) is 0 Å². The highest BCUT2D eigenvalue weighted by atomic mass is 16.4. The van der Waals surface area contributed by atoms with Gasteiger partial charge in [0, 0.05) is 0 Å². The van der Waals surface area contributed by atoms with Crippen molar-refractivity contribution in [3.8, 4) is 17.1 Å². The van der Waals surface area contributed by atoms with Gasteiger partial charge in [-0.25, -0.2) is 0 Å². The summed E-state index contributed by atoms with van der Waals surface area (Å²) in [5, 5.41) is 14.8. The maximum atomic E-state index is 8.16. The van der Waals surface area contributed by atoms with Crippen molar-refractivity contribution in [3.05, 3.63) is 65.8 Å². The van der Waals surface area contributed by atoms with E-state index in [4.69, 9.17) is 9.83 Å². The molecule has 0 radical (unpaired) electrons. The van der Waals surface area contributed by atoms with Crippen LogP contribution in [0.5, 0.6) is 0 Å². The van der Waals surface area contributed by atoms with Crippen LogP contribution in [0.3, 0.4) is 0 Å². The van der Waals surface area contributed by atoms with Gasteiger partial charge in [-0.05, 0) is 23.6 Å². The monoisotopic (exact) mass is 275 g/mol. The Hall–Kier alpha value is -2.88. The summed E-state index contributed by atoms with van der Waals surface area (Å²) in [7, 11) is 0. The molecule has 0 atom stereocenters. The molecule has 1 N–H and O–H groups in total. The van der Waals surface area contributed by atoms with Gasteiger partial charge in [-0.1, -0.05) is 43.3 Å². The lowest BCUT2D eigenvalue weighted by Gasteiger charge is -2.12. The Morgan fingerprint density at radius 1 is 0.952 bits per heavy atom. The van der Waals surface area contributed by atoms with Crippen LogP contribution >= 0.6 is 0 Å². The van der Waals surface area contributed by atoms with Crippen LogP contribution < -0.4 is 15.3 Å². The van der Waals surface area contributed by atoms with Gasteiger partial charge in [-0.2, -0.15) is 4.68 Å². The molecular weight excluding hydrogens is 262 g/mol. The topological polar surface area (TPSA) is 55.0 Å². The van der Waals surface area contributed by atoms with Crippen LogP contribution in [0.15, 0.2) is 59.0 Å². The highest BCUT2D eigenvalue weighted by Crippen LogP contribution is 2.22. The summed E-state index contributed by atoms with van der Waals surface area (Å²) in [4.78, 5) is 0. The number of hydrogen-bond acceptors (Lipinski definition) is 2. The van der Waals surface area contributed by atoms with Gasteiger partial charge < -0.3 is 9.52 Å². The predicted molar refractivity (Wildman–Crippen MR) is 78.3 cm³/mol. The molecule has 2 aromatic carbocycles. The van der Waals surface area contributed by atoms with E-state index in [1.807, 2.05) is 61.5 Å². The number of nitrogens with zero attached hydrogens (tertiary/aromatic N) is 2. The number of aromatic nitrogens is 2. The van der Waals surface area contributed by atoms with Gasteiger partial charge in [0.25, 0.3) is 11.2 Å². The first kappa shape index (κ1) is 11.9. The van der Waals surface area contributed by atoms with Crippen molar-refractivity contribution in [2.45, 2.75) is 6.92 Å². The SMILES string of the molecule is Cc1[n-][n+]2c(-c3ccccc3)oc(=N)c-2c2ccccc12. The summed E-state index contributed by atoms with van der Waals surface area (Å²) in [6.07, 6.45) is 0. The normalized spacial score (nSPS) is 11.3. The second-order valence-electron chi connectivity index (χ2n) is 4.99. The molecule has 2 aliphatic rings. The molecule has 21 heavy (non-hydrogen) atoms. The Morgan fingerprint density at radius 2 is 1.62 bits per heavy atom.